The Morgan fingerprint density at radius 1 is 1.19 bits per heavy atom. The summed E-state index contributed by atoms with van der Waals surface area (Å²) >= 11 is 0. The van der Waals surface area contributed by atoms with Crippen molar-refractivity contribution in [2.45, 2.75) is 52.5 Å². The van der Waals surface area contributed by atoms with Crippen LogP contribution in [-0.4, -0.2) is 44.1 Å². The molecule has 1 saturated heterocycles. The molecule has 0 bridgehead atoms. The number of rotatable bonds is 5. The Hall–Kier alpha value is -2.06. The first-order valence-electron chi connectivity index (χ1n) is 8.79. The van der Waals surface area contributed by atoms with Gasteiger partial charge in [0, 0.05) is 12.7 Å². The molecule has 2 aromatic rings. The largest absolute Gasteiger partial charge is 0.416 e. The summed E-state index contributed by atoms with van der Waals surface area (Å²) < 4.78 is 118. The Labute approximate surface area is 174 Å². The van der Waals surface area contributed by atoms with Crippen molar-refractivity contribution in [3.63, 3.8) is 0 Å². The summed E-state index contributed by atoms with van der Waals surface area (Å²) in [5, 5.41) is 4.68. The number of H-pyrrole nitrogens is 1. The number of aromatic amines is 1. The van der Waals surface area contributed by atoms with Crippen molar-refractivity contribution in [3.05, 3.63) is 41.6 Å². The lowest BCUT2D eigenvalue weighted by Gasteiger charge is -2.37. The molecular weight excluding hydrogens is 471 g/mol. The van der Waals surface area contributed by atoms with E-state index < -0.39 is 57.9 Å². The molecule has 2 atom stereocenters. The standard InChI is InChI=1S/C17H17F5N2O5S2/c1-16(31(27,28)11-4-2-3-10(7-11)17(20,21)22)5-6-29-13(9-16)12-8-14(24-23-12)30(25,26)15(18)19/h2-4,7-8,13,15H,5-6,9H2,1H3,(H,23,24)/t13-,16-/m0/s1. The van der Waals surface area contributed by atoms with Gasteiger partial charge in [-0.2, -0.15) is 27.1 Å². The monoisotopic (exact) mass is 488 g/mol. The van der Waals surface area contributed by atoms with E-state index in [-0.39, 0.29) is 25.1 Å². The van der Waals surface area contributed by atoms with Gasteiger partial charge >= 0.3 is 11.9 Å². The highest BCUT2D eigenvalue weighted by molar-refractivity contribution is 7.92. The van der Waals surface area contributed by atoms with Crippen LogP contribution in [0.3, 0.4) is 0 Å². The van der Waals surface area contributed by atoms with Crippen LogP contribution in [-0.2, 0) is 30.6 Å². The van der Waals surface area contributed by atoms with Crippen molar-refractivity contribution in [2.24, 2.45) is 0 Å². The molecule has 172 valence electrons. The summed E-state index contributed by atoms with van der Waals surface area (Å²) in [7, 11) is -9.24. The number of benzene rings is 1. The van der Waals surface area contributed by atoms with E-state index in [1.54, 1.807) is 0 Å². The van der Waals surface area contributed by atoms with Gasteiger partial charge in [-0.15, -0.1) is 0 Å². The van der Waals surface area contributed by atoms with E-state index in [2.05, 4.69) is 10.2 Å². The maximum Gasteiger partial charge on any atom is 0.416 e. The van der Waals surface area contributed by atoms with E-state index in [0.717, 1.165) is 24.3 Å². The molecule has 1 aliphatic rings. The molecule has 1 N–H and O–H groups in total. The summed E-state index contributed by atoms with van der Waals surface area (Å²) in [4.78, 5) is -0.518. The minimum absolute atomic E-state index is 0.0376. The van der Waals surface area contributed by atoms with Crippen LogP contribution in [0, 0.1) is 0 Å². The fraction of sp³-hybridized carbons (Fsp3) is 0.471. The molecule has 1 aromatic carbocycles. The SMILES string of the molecule is C[C@]1(S(=O)(=O)c2cccc(C(F)(F)F)c2)CCO[C@H](c2cc(S(=O)(=O)C(F)F)n[nH]2)C1. The molecule has 0 aliphatic carbocycles. The van der Waals surface area contributed by atoms with Crippen molar-refractivity contribution in [1.82, 2.24) is 10.2 Å². The van der Waals surface area contributed by atoms with E-state index >= 15 is 0 Å². The average molecular weight is 488 g/mol. The van der Waals surface area contributed by atoms with Crippen LogP contribution in [0.5, 0.6) is 0 Å². The molecule has 3 rings (SSSR count). The first kappa shape index (κ1) is 23.6. The predicted octanol–water partition coefficient (Wildman–Crippen LogP) is 3.51. The van der Waals surface area contributed by atoms with Crippen molar-refractivity contribution in [2.75, 3.05) is 6.61 Å². The summed E-state index contributed by atoms with van der Waals surface area (Å²) in [5.74, 6) is -3.69. The minimum atomic E-state index is -4.97. The first-order valence-corrected chi connectivity index (χ1v) is 11.8. The van der Waals surface area contributed by atoms with Gasteiger partial charge in [0.1, 0.15) is 6.10 Å². The zero-order chi connectivity index (χ0) is 23.2. The van der Waals surface area contributed by atoms with E-state index in [1.807, 2.05) is 0 Å². The van der Waals surface area contributed by atoms with Crippen molar-refractivity contribution < 1.29 is 43.5 Å². The van der Waals surface area contributed by atoms with Crippen molar-refractivity contribution in [3.8, 4) is 0 Å². The number of halogens is 5. The number of hydrogen-bond acceptors (Lipinski definition) is 6. The first-order chi connectivity index (χ1) is 14.2. The number of ether oxygens (including phenoxy) is 1. The fourth-order valence-corrected chi connectivity index (χ4v) is 5.74. The molecular formula is C17H17F5N2O5S2. The number of aromatic nitrogens is 2. The lowest BCUT2D eigenvalue weighted by atomic mass is 9.95. The fourth-order valence-electron chi connectivity index (χ4n) is 3.26. The Morgan fingerprint density at radius 3 is 2.48 bits per heavy atom. The Morgan fingerprint density at radius 2 is 1.87 bits per heavy atom. The number of hydrogen-bond donors (Lipinski definition) is 1. The van der Waals surface area contributed by atoms with Crippen LogP contribution in [0.4, 0.5) is 22.0 Å². The second-order valence-electron chi connectivity index (χ2n) is 7.26. The van der Waals surface area contributed by atoms with E-state index in [9.17, 15) is 38.8 Å². The second-order valence-corrected chi connectivity index (χ2v) is 11.6. The second kappa shape index (κ2) is 7.81. The highest BCUT2D eigenvalue weighted by Crippen LogP contribution is 2.42. The summed E-state index contributed by atoms with van der Waals surface area (Å²) in [6.45, 7) is 1.22. The van der Waals surface area contributed by atoms with Gasteiger partial charge in [0.25, 0.3) is 9.84 Å². The minimum Gasteiger partial charge on any atom is -0.372 e. The van der Waals surface area contributed by atoms with Gasteiger partial charge in [-0.25, -0.2) is 16.8 Å². The Balaban J connectivity index is 1.93. The number of nitrogens with one attached hydrogen (secondary N) is 1. The third-order valence-corrected chi connectivity index (χ3v) is 8.94. The average Bonchev–Trinajstić information content (AvgIpc) is 3.18. The lowest BCUT2D eigenvalue weighted by molar-refractivity contribution is -0.137. The van der Waals surface area contributed by atoms with E-state index in [0.29, 0.717) is 6.07 Å². The molecule has 14 heteroatoms. The molecule has 7 nitrogen and oxygen atoms in total. The molecule has 31 heavy (non-hydrogen) atoms. The van der Waals surface area contributed by atoms with Crippen molar-refractivity contribution >= 4 is 19.7 Å². The third kappa shape index (κ3) is 4.32. The molecule has 1 fully saturated rings. The smallest absolute Gasteiger partial charge is 0.372 e. The quantitative estimate of drug-likeness (QED) is 0.646. The molecule has 0 spiro atoms. The van der Waals surface area contributed by atoms with Crippen LogP contribution >= 0.6 is 0 Å². The van der Waals surface area contributed by atoms with Gasteiger partial charge in [0.05, 0.1) is 20.9 Å². The van der Waals surface area contributed by atoms with Crippen molar-refractivity contribution in [1.29, 1.82) is 0 Å². The normalized spacial score (nSPS) is 23.3. The maximum absolute atomic E-state index is 13.2. The summed E-state index contributed by atoms with van der Waals surface area (Å²) in [5.41, 5.74) is -1.15. The topological polar surface area (TPSA) is 106 Å². The van der Waals surface area contributed by atoms with Gasteiger partial charge in [-0.05, 0) is 38.0 Å². The molecule has 1 aromatic heterocycles. The molecule has 0 amide bonds. The maximum atomic E-state index is 13.2. The highest BCUT2D eigenvalue weighted by atomic mass is 32.2. The highest BCUT2D eigenvalue weighted by Gasteiger charge is 2.46. The van der Waals surface area contributed by atoms with Gasteiger partial charge in [-0.3, -0.25) is 5.10 Å². The summed E-state index contributed by atoms with van der Waals surface area (Å²) in [6, 6.07) is 4.18. The molecule has 2 heterocycles. The van der Waals surface area contributed by atoms with Gasteiger partial charge in [0.2, 0.25) is 0 Å². The van der Waals surface area contributed by atoms with Crippen LogP contribution < -0.4 is 0 Å². The predicted molar refractivity (Wildman–Crippen MR) is 96.7 cm³/mol. The number of sulfone groups is 2. The van der Waals surface area contributed by atoms with Crippen LogP contribution in [0.15, 0.2) is 40.3 Å². The number of alkyl halides is 5. The van der Waals surface area contributed by atoms with Crippen LogP contribution in [0.25, 0.3) is 0 Å². The zero-order valence-corrected chi connectivity index (χ0v) is 17.5. The molecule has 0 unspecified atom stereocenters. The third-order valence-electron chi connectivity index (χ3n) is 5.13. The Kier molecular flexibility index (Phi) is 5.95. The van der Waals surface area contributed by atoms with E-state index in [1.165, 1.54) is 6.92 Å². The van der Waals surface area contributed by atoms with Gasteiger partial charge in [-0.1, -0.05) is 6.07 Å². The molecule has 1 aliphatic heterocycles. The zero-order valence-electron chi connectivity index (χ0n) is 15.9. The number of nitrogens with zero attached hydrogens (tertiary/aromatic N) is 1. The van der Waals surface area contributed by atoms with Crippen LogP contribution in [0.1, 0.15) is 37.1 Å². The molecule has 0 radical (unpaired) electrons. The lowest BCUT2D eigenvalue weighted by Crippen LogP contribution is -2.42. The molecule has 0 saturated carbocycles. The Bertz CT molecular complexity index is 1180. The summed E-state index contributed by atoms with van der Waals surface area (Å²) in [6.07, 6.45) is -6.08. The van der Waals surface area contributed by atoms with Crippen LogP contribution in [0.2, 0.25) is 0 Å². The van der Waals surface area contributed by atoms with E-state index in [4.69, 9.17) is 4.74 Å². The van der Waals surface area contributed by atoms with Gasteiger partial charge < -0.3 is 4.74 Å². The van der Waals surface area contributed by atoms with Gasteiger partial charge in [0.15, 0.2) is 14.9 Å².